The number of aryl methyl sites for hydroxylation is 1. The van der Waals surface area contributed by atoms with Crippen LogP contribution in [0.2, 0.25) is 0 Å². The smallest absolute Gasteiger partial charge is 0.321 e. The number of carboxylic acids is 1. The minimum Gasteiger partial charge on any atom is -0.480 e. The molecule has 0 aliphatic rings. The van der Waals surface area contributed by atoms with Crippen molar-refractivity contribution in [2.75, 3.05) is 0 Å². The third-order valence-electron chi connectivity index (χ3n) is 2.50. The second kappa shape index (κ2) is 5.14. The summed E-state index contributed by atoms with van der Waals surface area (Å²) >= 11 is 5.64. The predicted molar refractivity (Wildman–Crippen MR) is 63.6 cm³/mol. The van der Waals surface area contributed by atoms with Crippen LogP contribution in [0.25, 0.3) is 0 Å². The van der Waals surface area contributed by atoms with Gasteiger partial charge in [-0.2, -0.15) is 0 Å². The van der Waals surface area contributed by atoms with Crippen LogP contribution in [-0.4, -0.2) is 21.4 Å². The highest BCUT2D eigenvalue weighted by Gasteiger charge is 2.20. The maximum Gasteiger partial charge on any atom is 0.321 e. The molecule has 1 rings (SSSR count). The van der Waals surface area contributed by atoms with Crippen LogP contribution in [0.1, 0.15) is 16.7 Å². The molecule has 0 radical (unpaired) electrons. The average molecular weight is 258 g/mol. The number of hydrogen-bond donors (Lipinski definition) is 1. The molecule has 0 heterocycles. The number of nitrogens with zero attached hydrogens (tertiary/aromatic N) is 1. The van der Waals surface area contributed by atoms with E-state index >= 15 is 0 Å². The fourth-order valence-electron chi connectivity index (χ4n) is 1.60. The molecule has 1 aromatic rings. The van der Waals surface area contributed by atoms with Crippen LogP contribution < -0.4 is 0 Å². The maximum absolute atomic E-state index is 10.8. The van der Waals surface area contributed by atoms with Crippen molar-refractivity contribution in [1.82, 2.24) is 0 Å². The van der Waals surface area contributed by atoms with Crippen molar-refractivity contribution in [3.63, 3.8) is 0 Å². The highest BCUT2D eigenvalue weighted by Crippen LogP contribution is 2.25. The molecule has 1 N–H and O–H groups in total. The van der Waals surface area contributed by atoms with Crippen LogP contribution in [0.4, 0.5) is 5.69 Å². The SMILES string of the molecule is Cc1cc(CC(Cl)C(=O)O)c(C)c([N+](=O)[O-])c1. The Bertz CT molecular complexity index is 473. The quantitative estimate of drug-likeness (QED) is 0.510. The van der Waals surface area contributed by atoms with Gasteiger partial charge in [0.05, 0.1) is 4.92 Å². The maximum atomic E-state index is 10.8. The third-order valence-corrected chi connectivity index (χ3v) is 2.84. The van der Waals surface area contributed by atoms with E-state index in [9.17, 15) is 14.9 Å². The van der Waals surface area contributed by atoms with Gasteiger partial charge in [0.25, 0.3) is 5.69 Å². The number of nitro benzene ring substituents is 1. The minimum atomic E-state index is -1.13. The van der Waals surface area contributed by atoms with Gasteiger partial charge < -0.3 is 5.11 Å². The summed E-state index contributed by atoms with van der Waals surface area (Å²) in [6.45, 7) is 3.32. The first-order chi connectivity index (χ1) is 7.82. The molecule has 0 amide bonds. The molecule has 5 nitrogen and oxygen atoms in total. The molecule has 6 heteroatoms. The van der Waals surface area contributed by atoms with Crippen LogP contribution in [-0.2, 0) is 11.2 Å². The molecular formula is C11H12ClNO4. The fourth-order valence-corrected chi connectivity index (χ4v) is 1.76. The summed E-state index contributed by atoms with van der Waals surface area (Å²) in [5, 5.41) is 18.4. The lowest BCUT2D eigenvalue weighted by molar-refractivity contribution is -0.385. The van der Waals surface area contributed by atoms with Crippen LogP contribution in [0, 0.1) is 24.0 Å². The van der Waals surface area contributed by atoms with E-state index in [1.807, 2.05) is 0 Å². The Morgan fingerprint density at radius 3 is 2.59 bits per heavy atom. The van der Waals surface area contributed by atoms with Crippen molar-refractivity contribution >= 4 is 23.3 Å². The number of hydrogen-bond acceptors (Lipinski definition) is 3. The Balaban J connectivity index is 3.16. The highest BCUT2D eigenvalue weighted by atomic mass is 35.5. The second-order valence-corrected chi connectivity index (χ2v) is 4.36. The van der Waals surface area contributed by atoms with E-state index in [1.165, 1.54) is 6.07 Å². The van der Waals surface area contributed by atoms with Crippen LogP contribution >= 0.6 is 11.6 Å². The van der Waals surface area contributed by atoms with Gasteiger partial charge in [-0.05, 0) is 31.4 Å². The van der Waals surface area contributed by atoms with Gasteiger partial charge >= 0.3 is 5.97 Å². The van der Waals surface area contributed by atoms with Gasteiger partial charge in [0.2, 0.25) is 0 Å². The lowest BCUT2D eigenvalue weighted by atomic mass is 9.99. The molecule has 0 spiro atoms. The third kappa shape index (κ3) is 3.17. The monoisotopic (exact) mass is 257 g/mol. The van der Waals surface area contributed by atoms with Crippen LogP contribution in [0.3, 0.4) is 0 Å². The standard InChI is InChI=1S/C11H12ClNO4/c1-6-3-8(5-9(12)11(14)15)7(2)10(4-6)13(16)17/h3-4,9H,5H2,1-2H3,(H,14,15). The van der Waals surface area contributed by atoms with Crippen LogP contribution in [0.15, 0.2) is 12.1 Å². The minimum absolute atomic E-state index is 0.00532. The van der Waals surface area contributed by atoms with E-state index in [1.54, 1.807) is 19.9 Å². The van der Waals surface area contributed by atoms with E-state index in [0.29, 0.717) is 16.7 Å². The summed E-state index contributed by atoms with van der Waals surface area (Å²) in [5.74, 6) is -1.13. The van der Waals surface area contributed by atoms with E-state index in [-0.39, 0.29) is 12.1 Å². The second-order valence-electron chi connectivity index (χ2n) is 3.84. The van der Waals surface area contributed by atoms with E-state index in [4.69, 9.17) is 16.7 Å². The Hall–Kier alpha value is -1.62. The summed E-state index contributed by atoms with van der Waals surface area (Å²) in [6, 6.07) is 3.18. The number of carboxylic acid groups (broad SMARTS) is 1. The zero-order valence-electron chi connectivity index (χ0n) is 9.44. The Morgan fingerprint density at radius 2 is 2.12 bits per heavy atom. The van der Waals surface area contributed by atoms with Gasteiger partial charge in [-0.15, -0.1) is 11.6 Å². The molecule has 0 aliphatic carbocycles. The molecule has 0 aliphatic heterocycles. The number of benzene rings is 1. The van der Waals surface area contributed by atoms with Crippen molar-refractivity contribution in [2.24, 2.45) is 0 Å². The zero-order valence-corrected chi connectivity index (χ0v) is 10.2. The van der Waals surface area contributed by atoms with Gasteiger partial charge in [0.1, 0.15) is 5.38 Å². The first-order valence-corrected chi connectivity index (χ1v) is 5.38. The fraction of sp³-hybridized carbons (Fsp3) is 0.364. The molecular weight excluding hydrogens is 246 g/mol. The molecule has 0 saturated carbocycles. The summed E-state index contributed by atoms with van der Waals surface area (Å²) in [4.78, 5) is 21.0. The number of nitro groups is 1. The number of rotatable bonds is 4. The average Bonchev–Trinajstić information content (AvgIpc) is 2.22. The van der Waals surface area contributed by atoms with Crippen molar-refractivity contribution < 1.29 is 14.8 Å². The Labute approximate surface area is 103 Å². The van der Waals surface area contributed by atoms with Gasteiger partial charge in [0, 0.05) is 11.6 Å². The van der Waals surface area contributed by atoms with Gasteiger partial charge in [-0.3, -0.25) is 14.9 Å². The first-order valence-electron chi connectivity index (χ1n) is 4.94. The van der Waals surface area contributed by atoms with Crippen molar-refractivity contribution in [3.05, 3.63) is 38.9 Å². The Morgan fingerprint density at radius 1 is 1.53 bits per heavy atom. The van der Waals surface area contributed by atoms with Crippen molar-refractivity contribution in [1.29, 1.82) is 0 Å². The van der Waals surface area contributed by atoms with E-state index in [2.05, 4.69) is 0 Å². The van der Waals surface area contributed by atoms with E-state index < -0.39 is 16.3 Å². The molecule has 1 unspecified atom stereocenters. The Kier molecular flexibility index (Phi) is 4.07. The number of carbonyl (C=O) groups is 1. The topological polar surface area (TPSA) is 80.4 Å². The summed E-state index contributed by atoms with van der Waals surface area (Å²) < 4.78 is 0. The molecule has 0 saturated heterocycles. The van der Waals surface area contributed by atoms with E-state index in [0.717, 1.165) is 0 Å². The summed E-state index contributed by atoms with van der Waals surface area (Å²) in [5.41, 5.74) is 1.77. The number of alkyl halides is 1. The first kappa shape index (κ1) is 13.4. The molecule has 0 bridgehead atoms. The lowest BCUT2D eigenvalue weighted by Crippen LogP contribution is -2.17. The predicted octanol–water partition coefficient (Wildman–Crippen LogP) is 2.45. The van der Waals surface area contributed by atoms with Gasteiger partial charge in [-0.1, -0.05) is 6.07 Å². The lowest BCUT2D eigenvalue weighted by Gasteiger charge is -2.09. The largest absolute Gasteiger partial charge is 0.480 e. The number of aliphatic carboxylic acids is 1. The molecule has 0 fully saturated rings. The zero-order chi connectivity index (χ0) is 13.2. The van der Waals surface area contributed by atoms with Crippen molar-refractivity contribution in [3.8, 4) is 0 Å². The van der Waals surface area contributed by atoms with Crippen LogP contribution in [0.5, 0.6) is 0 Å². The van der Waals surface area contributed by atoms with Gasteiger partial charge in [0.15, 0.2) is 0 Å². The highest BCUT2D eigenvalue weighted by molar-refractivity contribution is 6.29. The van der Waals surface area contributed by atoms with Gasteiger partial charge in [-0.25, -0.2) is 0 Å². The molecule has 1 atom stereocenters. The molecule has 17 heavy (non-hydrogen) atoms. The number of halogens is 1. The van der Waals surface area contributed by atoms with Crippen molar-refractivity contribution in [2.45, 2.75) is 25.6 Å². The summed E-state index contributed by atoms with van der Waals surface area (Å²) in [7, 11) is 0. The molecule has 0 aromatic heterocycles. The molecule has 92 valence electrons. The normalized spacial score (nSPS) is 12.2. The molecule has 1 aromatic carbocycles. The summed E-state index contributed by atoms with van der Waals surface area (Å²) in [6.07, 6.45) is 0.0746.